The minimum atomic E-state index is -0.514. The molecule has 0 saturated heterocycles. The van der Waals surface area contributed by atoms with Gasteiger partial charge in [0.25, 0.3) is 0 Å². The minimum absolute atomic E-state index is 0.0145. The summed E-state index contributed by atoms with van der Waals surface area (Å²) in [5.74, 6) is -0.0145. The Labute approximate surface area is 111 Å². The fraction of sp³-hybridized carbons (Fsp3) is 0.462. The summed E-state index contributed by atoms with van der Waals surface area (Å²) in [7, 11) is 0. The average Bonchev–Trinajstić information content (AvgIpc) is 2.29. The van der Waals surface area contributed by atoms with Gasteiger partial charge in [0.1, 0.15) is 0 Å². The van der Waals surface area contributed by atoms with Gasteiger partial charge in [-0.05, 0) is 44.0 Å². The summed E-state index contributed by atoms with van der Waals surface area (Å²) >= 11 is 3.42. The van der Waals surface area contributed by atoms with E-state index in [-0.39, 0.29) is 5.91 Å². The molecule has 0 bridgehead atoms. The van der Waals surface area contributed by atoms with Gasteiger partial charge in [-0.25, -0.2) is 0 Å². The van der Waals surface area contributed by atoms with Crippen LogP contribution in [0.1, 0.15) is 25.0 Å². The quantitative estimate of drug-likeness (QED) is 0.896. The van der Waals surface area contributed by atoms with Crippen LogP contribution >= 0.6 is 15.9 Å². The first-order chi connectivity index (χ1) is 7.86. The fourth-order valence-corrected chi connectivity index (χ4v) is 1.75. The summed E-state index contributed by atoms with van der Waals surface area (Å²) in [6.07, 6.45) is 0. The van der Waals surface area contributed by atoms with Gasteiger partial charge in [-0.15, -0.1) is 0 Å². The number of rotatable bonds is 4. The Bertz CT molecular complexity index is 416. The monoisotopic (exact) mass is 298 g/mol. The Balaban J connectivity index is 2.68. The molecule has 0 aliphatic heterocycles. The van der Waals surface area contributed by atoms with Gasteiger partial charge in [0.2, 0.25) is 5.91 Å². The average molecular weight is 299 g/mol. The van der Waals surface area contributed by atoms with Crippen LogP contribution in [0.4, 0.5) is 0 Å². The SMILES string of the molecule is Cc1ccc(Br)cc1CNC(=O)C(C)(C)CN. The predicted molar refractivity (Wildman–Crippen MR) is 73.6 cm³/mol. The third-order valence-electron chi connectivity index (χ3n) is 2.88. The van der Waals surface area contributed by atoms with Gasteiger partial charge in [-0.3, -0.25) is 4.79 Å². The van der Waals surface area contributed by atoms with Gasteiger partial charge < -0.3 is 11.1 Å². The molecule has 0 aromatic heterocycles. The van der Waals surface area contributed by atoms with Crippen molar-refractivity contribution in [3.63, 3.8) is 0 Å². The van der Waals surface area contributed by atoms with Crippen LogP contribution in [0.25, 0.3) is 0 Å². The molecule has 4 heteroatoms. The van der Waals surface area contributed by atoms with Crippen molar-refractivity contribution in [2.45, 2.75) is 27.3 Å². The maximum absolute atomic E-state index is 11.9. The van der Waals surface area contributed by atoms with E-state index >= 15 is 0 Å². The van der Waals surface area contributed by atoms with E-state index in [0.717, 1.165) is 10.0 Å². The van der Waals surface area contributed by atoms with E-state index < -0.39 is 5.41 Å². The number of halogens is 1. The van der Waals surface area contributed by atoms with E-state index in [9.17, 15) is 4.79 Å². The number of hydrogen-bond donors (Lipinski definition) is 2. The molecule has 1 aromatic rings. The molecular formula is C13H19BrN2O. The van der Waals surface area contributed by atoms with Crippen LogP contribution in [0.15, 0.2) is 22.7 Å². The first-order valence-electron chi connectivity index (χ1n) is 5.60. The van der Waals surface area contributed by atoms with Crippen LogP contribution < -0.4 is 11.1 Å². The second-order valence-electron chi connectivity index (χ2n) is 4.84. The molecule has 94 valence electrons. The second-order valence-corrected chi connectivity index (χ2v) is 5.76. The molecule has 0 unspecified atom stereocenters. The van der Waals surface area contributed by atoms with E-state index in [0.29, 0.717) is 13.1 Å². The molecule has 0 spiro atoms. The van der Waals surface area contributed by atoms with Crippen LogP contribution in [0, 0.1) is 12.3 Å². The Morgan fingerprint density at radius 1 is 1.47 bits per heavy atom. The summed E-state index contributed by atoms with van der Waals surface area (Å²) in [5, 5.41) is 2.92. The third-order valence-corrected chi connectivity index (χ3v) is 3.37. The fourth-order valence-electron chi connectivity index (χ4n) is 1.34. The van der Waals surface area contributed by atoms with Crippen LogP contribution in [0.5, 0.6) is 0 Å². The number of hydrogen-bond acceptors (Lipinski definition) is 2. The molecule has 0 aliphatic rings. The normalized spacial score (nSPS) is 11.4. The van der Waals surface area contributed by atoms with Gasteiger partial charge in [-0.2, -0.15) is 0 Å². The molecule has 0 fully saturated rings. The molecule has 0 heterocycles. The van der Waals surface area contributed by atoms with Crippen molar-refractivity contribution in [2.24, 2.45) is 11.1 Å². The number of amides is 1. The smallest absolute Gasteiger partial charge is 0.227 e. The van der Waals surface area contributed by atoms with Crippen LogP contribution in [-0.2, 0) is 11.3 Å². The standard InChI is InChI=1S/C13H19BrN2O/c1-9-4-5-11(14)6-10(9)7-16-12(17)13(2,3)8-15/h4-6H,7-8,15H2,1-3H3,(H,16,17). The Morgan fingerprint density at radius 2 is 2.12 bits per heavy atom. The maximum atomic E-state index is 11.9. The minimum Gasteiger partial charge on any atom is -0.352 e. The second kappa shape index (κ2) is 5.65. The van der Waals surface area contributed by atoms with Crippen LogP contribution in [-0.4, -0.2) is 12.5 Å². The molecular weight excluding hydrogens is 280 g/mol. The Morgan fingerprint density at radius 3 is 2.71 bits per heavy atom. The number of aryl methyl sites for hydroxylation is 1. The maximum Gasteiger partial charge on any atom is 0.227 e. The van der Waals surface area contributed by atoms with E-state index in [1.807, 2.05) is 39.0 Å². The molecule has 1 rings (SSSR count). The Kier molecular flexibility index (Phi) is 4.71. The van der Waals surface area contributed by atoms with Crippen molar-refractivity contribution in [2.75, 3.05) is 6.54 Å². The predicted octanol–water partition coefficient (Wildman–Crippen LogP) is 2.36. The number of nitrogens with two attached hydrogens (primary N) is 1. The molecule has 3 nitrogen and oxygen atoms in total. The molecule has 0 saturated carbocycles. The topological polar surface area (TPSA) is 55.1 Å². The van der Waals surface area contributed by atoms with Crippen molar-refractivity contribution in [3.8, 4) is 0 Å². The zero-order valence-corrected chi connectivity index (χ0v) is 12.1. The van der Waals surface area contributed by atoms with Crippen LogP contribution in [0.3, 0.4) is 0 Å². The van der Waals surface area contributed by atoms with Gasteiger partial charge in [0.05, 0.1) is 5.41 Å². The van der Waals surface area contributed by atoms with Gasteiger partial charge in [-0.1, -0.05) is 22.0 Å². The lowest BCUT2D eigenvalue weighted by Gasteiger charge is -2.21. The number of nitrogens with one attached hydrogen (secondary N) is 1. The highest BCUT2D eigenvalue weighted by Gasteiger charge is 2.25. The van der Waals surface area contributed by atoms with E-state index in [4.69, 9.17) is 5.73 Å². The summed E-state index contributed by atoms with van der Waals surface area (Å²) in [6.45, 7) is 6.60. The van der Waals surface area contributed by atoms with E-state index in [1.165, 1.54) is 5.56 Å². The molecule has 0 radical (unpaired) electrons. The first-order valence-corrected chi connectivity index (χ1v) is 6.39. The number of benzene rings is 1. The Hall–Kier alpha value is -0.870. The van der Waals surface area contributed by atoms with Gasteiger partial charge in [0, 0.05) is 17.6 Å². The molecule has 17 heavy (non-hydrogen) atoms. The number of carbonyl (C=O) groups excluding carboxylic acids is 1. The zero-order valence-electron chi connectivity index (χ0n) is 10.5. The first kappa shape index (κ1) is 14.2. The summed E-state index contributed by atoms with van der Waals surface area (Å²) in [6, 6.07) is 6.04. The van der Waals surface area contributed by atoms with Crippen molar-refractivity contribution < 1.29 is 4.79 Å². The van der Waals surface area contributed by atoms with Crippen LogP contribution in [0.2, 0.25) is 0 Å². The highest BCUT2D eigenvalue weighted by molar-refractivity contribution is 9.10. The van der Waals surface area contributed by atoms with Crippen molar-refractivity contribution >= 4 is 21.8 Å². The molecule has 0 aliphatic carbocycles. The third kappa shape index (κ3) is 3.82. The highest BCUT2D eigenvalue weighted by atomic mass is 79.9. The number of carbonyl (C=O) groups is 1. The lowest BCUT2D eigenvalue weighted by Crippen LogP contribution is -2.41. The summed E-state index contributed by atoms with van der Waals surface area (Å²) < 4.78 is 1.02. The van der Waals surface area contributed by atoms with Gasteiger partial charge in [0.15, 0.2) is 0 Å². The summed E-state index contributed by atoms with van der Waals surface area (Å²) in [4.78, 5) is 11.9. The molecule has 3 N–H and O–H groups in total. The van der Waals surface area contributed by atoms with E-state index in [2.05, 4.69) is 21.2 Å². The highest BCUT2D eigenvalue weighted by Crippen LogP contribution is 2.17. The largest absolute Gasteiger partial charge is 0.352 e. The van der Waals surface area contributed by atoms with E-state index in [1.54, 1.807) is 0 Å². The zero-order chi connectivity index (χ0) is 13.1. The molecule has 1 aromatic carbocycles. The molecule has 0 atom stereocenters. The van der Waals surface area contributed by atoms with Crippen molar-refractivity contribution in [3.05, 3.63) is 33.8 Å². The molecule has 1 amide bonds. The van der Waals surface area contributed by atoms with Crippen molar-refractivity contribution in [1.29, 1.82) is 0 Å². The lowest BCUT2D eigenvalue weighted by atomic mass is 9.92. The summed E-state index contributed by atoms with van der Waals surface area (Å²) in [5.41, 5.74) is 7.33. The van der Waals surface area contributed by atoms with Gasteiger partial charge >= 0.3 is 0 Å². The lowest BCUT2D eigenvalue weighted by molar-refractivity contribution is -0.129. The van der Waals surface area contributed by atoms with Crippen molar-refractivity contribution in [1.82, 2.24) is 5.32 Å².